The summed E-state index contributed by atoms with van der Waals surface area (Å²) in [7, 11) is 0. The number of aryl methyl sites for hydroxylation is 1. The molecule has 1 aliphatic rings. The molecule has 0 atom stereocenters. The zero-order valence-corrected chi connectivity index (χ0v) is 7.91. The van der Waals surface area contributed by atoms with Gasteiger partial charge in [0.2, 0.25) is 0 Å². The van der Waals surface area contributed by atoms with Crippen LogP contribution in [0.25, 0.3) is 0 Å². The Bertz CT molecular complexity index is 396. The average Bonchev–Trinajstić information content (AvgIpc) is 2.58. The second kappa shape index (κ2) is 3.62. The lowest BCUT2D eigenvalue weighted by atomic mass is 10.1. The first kappa shape index (κ1) is 8.94. The van der Waals surface area contributed by atoms with Crippen molar-refractivity contribution in [3.8, 4) is 0 Å². The van der Waals surface area contributed by atoms with Gasteiger partial charge in [0.1, 0.15) is 0 Å². The predicted molar refractivity (Wildman–Crippen MR) is 51.9 cm³/mol. The first-order chi connectivity index (χ1) is 6.77. The van der Waals surface area contributed by atoms with Gasteiger partial charge in [0.25, 0.3) is 0 Å². The molecule has 0 saturated heterocycles. The predicted octanol–water partition coefficient (Wildman–Crippen LogP) is 1.70. The van der Waals surface area contributed by atoms with Crippen LogP contribution >= 0.6 is 0 Å². The SMILES string of the molecule is CC(=O)ON=C1CCc2c[c]ccc21. The van der Waals surface area contributed by atoms with Gasteiger partial charge in [0.15, 0.2) is 0 Å². The third-order valence-electron chi connectivity index (χ3n) is 2.18. The van der Waals surface area contributed by atoms with E-state index in [2.05, 4.69) is 16.1 Å². The van der Waals surface area contributed by atoms with Crippen LogP contribution in [0.2, 0.25) is 0 Å². The lowest BCUT2D eigenvalue weighted by Gasteiger charge is -1.97. The smallest absolute Gasteiger partial charge is 0.318 e. The maximum atomic E-state index is 10.6. The molecule has 1 aromatic carbocycles. The number of fused-ring (bicyclic) bond motifs is 1. The van der Waals surface area contributed by atoms with Crippen molar-refractivity contribution in [3.63, 3.8) is 0 Å². The molecule has 14 heavy (non-hydrogen) atoms. The maximum absolute atomic E-state index is 10.6. The minimum absolute atomic E-state index is 0.381. The van der Waals surface area contributed by atoms with E-state index in [-0.39, 0.29) is 5.97 Å². The quantitative estimate of drug-likeness (QED) is 0.497. The molecule has 0 saturated carbocycles. The molecular formula is C11H10NO2. The fraction of sp³-hybridized carbons (Fsp3) is 0.273. The van der Waals surface area contributed by atoms with Crippen molar-refractivity contribution in [2.75, 3.05) is 0 Å². The number of hydrogen-bond acceptors (Lipinski definition) is 3. The van der Waals surface area contributed by atoms with Crippen molar-refractivity contribution < 1.29 is 9.63 Å². The third kappa shape index (κ3) is 1.66. The van der Waals surface area contributed by atoms with Crippen LogP contribution in [0.3, 0.4) is 0 Å². The second-order valence-corrected chi connectivity index (χ2v) is 3.20. The van der Waals surface area contributed by atoms with Gasteiger partial charge in [-0.25, -0.2) is 4.79 Å². The Morgan fingerprint density at radius 2 is 2.43 bits per heavy atom. The van der Waals surface area contributed by atoms with E-state index in [9.17, 15) is 4.79 Å². The molecule has 0 fully saturated rings. The fourth-order valence-electron chi connectivity index (χ4n) is 1.56. The number of hydrogen-bond donors (Lipinski definition) is 0. The summed E-state index contributed by atoms with van der Waals surface area (Å²) in [5.41, 5.74) is 3.15. The Balaban J connectivity index is 2.26. The standard InChI is InChI=1S/C11H10NO2/c1-8(13)14-12-11-7-6-9-4-2-3-5-10(9)11/h3-5H,6-7H2,1H3. The zero-order chi connectivity index (χ0) is 9.97. The Kier molecular flexibility index (Phi) is 2.31. The molecule has 1 aliphatic carbocycles. The van der Waals surface area contributed by atoms with Gasteiger partial charge in [-0.15, -0.1) is 0 Å². The molecule has 0 unspecified atom stereocenters. The lowest BCUT2D eigenvalue weighted by molar-refractivity contribution is -0.140. The van der Waals surface area contributed by atoms with Crippen LogP contribution in [0, 0.1) is 6.07 Å². The highest BCUT2D eigenvalue weighted by molar-refractivity contribution is 6.04. The van der Waals surface area contributed by atoms with E-state index >= 15 is 0 Å². The van der Waals surface area contributed by atoms with Crippen molar-refractivity contribution in [3.05, 3.63) is 35.4 Å². The molecule has 3 nitrogen and oxygen atoms in total. The van der Waals surface area contributed by atoms with E-state index in [1.54, 1.807) is 0 Å². The number of nitrogens with zero attached hydrogens (tertiary/aromatic N) is 1. The van der Waals surface area contributed by atoms with Crippen LogP contribution in [0.5, 0.6) is 0 Å². The van der Waals surface area contributed by atoms with Crippen LogP contribution in [0.4, 0.5) is 0 Å². The number of benzene rings is 1. The van der Waals surface area contributed by atoms with E-state index in [1.807, 2.05) is 18.2 Å². The van der Waals surface area contributed by atoms with Crippen LogP contribution in [-0.2, 0) is 16.1 Å². The van der Waals surface area contributed by atoms with Gasteiger partial charge < -0.3 is 4.84 Å². The summed E-state index contributed by atoms with van der Waals surface area (Å²) in [5.74, 6) is -0.381. The van der Waals surface area contributed by atoms with E-state index in [1.165, 1.54) is 12.5 Å². The third-order valence-corrected chi connectivity index (χ3v) is 2.18. The van der Waals surface area contributed by atoms with Gasteiger partial charge in [-0.3, -0.25) is 0 Å². The van der Waals surface area contributed by atoms with Crippen molar-refractivity contribution in [2.24, 2.45) is 5.16 Å². The van der Waals surface area contributed by atoms with Gasteiger partial charge in [-0.1, -0.05) is 23.4 Å². The molecule has 0 bridgehead atoms. The Hall–Kier alpha value is -1.64. The van der Waals surface area contributed by atoms with Gasteiger partial charge >= 0.3 is 5.97 Å². The van der Waals surface area contributed by atoms with Crippen molar-refractivity contribution in [1.29, 1.82) is 0 Å². The fourth-order valence-corrected chi connectivity index (χ4v) is 1.56. The van der Waals surface area contributed by atoms with Gasteiger partial charge in [-0.2, -0.15) is 0 Å². The summed E-state index contributed by atoms with van der Waals surface area (Å²) in [5, 5.41) is 3.82. The van der Waals surface area contributed by atoms with E-state index in [0.29, 0.717) is 0 Å². The summed E-state index contributed by atoms with van der Waals surface area (Å²) in [6.45, 7) is 1.35. The van der Waals surface area contributed by atoms with Crippen molar-refractivity contribution in [1.82, 2.24) is 0 Å². The monoisotopic (exact) mass is 188 g/mol. The van der Waals surface area contributed by atoms with E-state index in [4.69, 9.17) is 0 Å². The van der Waals surface area contributed by atoms with Gasteiger partial charge in [0, 0.05) is 12.5 Å². The second-order valence-electron chi connectivity index (χ2n) is 3.20. The Labute approximate surface area is 82.4 Å². The minimum atomic E-state index is -0.381. The van der Waals surface area contributed by atoms with E-state index < -0.39 is 0 Å². The molecule has 0 amide bonds. The van der Waals surface area contributed by atoms with Crippen LogP contribution < -0.4 is 0 Å². The number of carbonyl (C=O) groups excluding carboxylic acids is 1. The molecular weight excluding hydrogens is 178 g/mol. The largest absolute Gasteiger partial charge is 0.331 e. The highest BCUT2D eigenvalue weighted by Gasteiger charge is 2.17. The molecule has 3 heteroatoms. The normalized spacial score (nSPS) is 16.8. The first-order valence-corrected chi connectivity index (χ1v) is 4.51. The van der Waals surface area contributed by atoms with E-state index in [0.717, 1.165) is 24.1 Å². The Morgan fingerprint density at radius 3 is 3.21 bits per heavy atom. The maximum Gasteiger partial charge on any atom is 0.331 e. The van der Waals surface area contributed by atoms with Crippen LogP contribution in [-0.4, -0.2) is 11.7 Å². The van der Waals surface area contributed by atoms with Crippen LogP contribution in [0.15, 0.2) is 23.4 Å². The minimum Gasteiger partial charge on any atom is -0.318 e. The molecule has 0 aliphatic heterocycles. The van der Waals surface area contributed by atoms with Gasteiger partial charge in [0.05, 0.1) is 5.71 Å². The summed E-state index contributed by atoms with van der Waals surface area (Å²) in [4.78, 5) is 15.2. The summed E-state index contributed by atoms with van der Waals surface area (Å²) < 4.78 is 0. The highest BCUT2D eigenvalue weighted by atomic mass is 16.7. The Morgan fingerprint density at radius 1 is 1.57 bits per heavy atom. The summed E-state index contributed by atoms with van der Waals surface area (Å²) in [6, 6.07) is 8.76. The highest BCUT2D eigenvalue weighted by Crippen LogP contribution is 2.21. The summed E-state index contributed by atoms with van der Waals surface area (Å²) >= 11 is 0. The number of carbonyl (C=O) groups is 1. The first-order valence-electron chi connectivity index (χ1n) is 4.51. The lowest BCUT2D eigenvalue weighted by Crippen LogP contribution is -1.99. The molecule has 0 N–H and O–H groups in total. The zero-order valence-electron chi connectivity index (χ0n) is 7.91. The molecule has 1 aromatic rings. The molecule has 0 aromatic heterocycles. The number of rotatable bonds is 1. The number of oxime groups is 1. The molecule has 0 spiro atoms. The topological polar surface area (TPSA) is 38.7 Å². The van der Waals surface area contributed by atoms with Crippen molar-refractivity contribution in [2.45, 2.75) is 19.8 Å². The molecule has 0 heterocycles. The summed E-state index contributed by atoms with van der Waals surface area (Å²) in [6.07, 6.45) is 1.78. The molecule has 1 radical (unpaired) electrons. The van der Waals surface area contributed by atoms with Crippen LogP contribution in [0.1, 0.15) is 24.5 Å². The van der Waals surface area contributed by atoms with Crippen molar-refractivity contribution >= 4 is 11.7 Å². The molecule has 2 rings (SSSR count). The molecule has 71 valence electrons. The average molecular weight is 188 g/mol. The van der Waals surface area contributed by atoms with Gasteiger partial charge in [-0.05, 0) is 24.5 Å².